The summed E-state index contributed by atoms with van der Waals surface area (Å²) in [7, 11) is 0. The molecule has 1 aliphatic carbocycles. The molecule has 3 aliphatic rings. The average Bonchev–Trinajstić information content (AvgIpc) is 3.35. The topological polar surface area (TPSA) is 111 Å². The van der Waals surface area contributed by atoms with E-state index in [1.807, 2.05) is 12.1 Å². The number of nitrogens with one attached hydrogen (secondary N) is 3. The van der Waals surface area contributed by atoms with Crippen molar-refractivity contribution in [2.45, 2.75) is 37.3 Å². The molecule has 37 heavy (non-hydrogen) atoms. The van der Waals surface area contributed by atoms with E-state index < -0.39 is 12.4 Å². The fourth-order valence-electron chi connectivity index (χ4n) is 4.61. The number of aromatic nitrogens is 1. The van der Waals surface area contributed by atoms with Gasteiger partial charge in [0.15, 0.2) is 0 Å². The SMILES string of the molecule is O=C1CCc2c(Oc3ccc4c(c3)[C@H]3[C@@H](NC(=O)Nc5ccc(OC(F)(F)F)cc5)[C@H]3O4)ccnc2N1. The van der Waals surface area contributed by atoms with E-state index in [2.05, 4.69) is 25.7 Å². The molecule has 2 aromatic carbocycles. The first-order valence-corrected chi connectivity index (χ1v) is 11.4. The summed E-state index contributed by atoms with van der Waals surface area (Å²) < 4.78 is 52.8. The van der Waals surface area contributed by atoms with Crippen molar-refractivity contribution in [3.05, 3.63) is 65.9 Å². The van der Waals surface area contributed by atoms with Crippen LogP contribution in [0.2, 0.25) is 0 Å². The molecule has 0 spiro atoms. The Bertz CT molecular complexity index is 1400. The standard InChI is InChI=1S/C25H19F3N4O5/c26-25(27,28)37-13-3-1-12(2-4-13)30-24(34)32-21-20-16-11-14(5-7-17(16)36-22(20)21)35-18-9-10-29-23-15(18)6-8-19(33)31-23/h1-5,7,9-11,20-22H,6,8H2,(H,29,31,33)(H2,30,32,34)/t20-,21+,22-/m0/s1. The van der Waals surface area contributed by atoms with Gasteiger partial charge in [-0.15, -0.1) is 13.2 Å². The summed E-state index contributed by atoms with van der Waals surface area (Å²) >= 11 is 0. The number of anilines is 2. The van der Waals surface area contributed by atoms with Crippen molar-refractivity contribution in [1.82, 2.24) is 10.3 Å². The predicted molar refractivity (Wildman–Crippen MR) is 124 cm³/mol. The molecule has 0 unspecified atom stereocenters. The molecule has 190 valence electrons. The molecule has 6 rings (SSSR count). The van der Waals surface area contributed by atoms with Gasteiger partial charge in [-0.2, -0.15) is 0 Å². The normalized spacial score (nSPS) is 20.9. The van der Waals surface area contributed by atoms with E-state index in [4.69, 9.17) is 9.47 Å². The second-order valence-corrected chi connectivity index (χ2v) is 8.79. The molecule has 1 saturated carbocycles. The highest BCUT2D eigenvalue weighted by atomic mass is 19.4. The van der Waals surface area contributed by atoms with Crippen LogP contribution in [0.25, 0.3) is 0 Å². The molecular weight excluding hydrogens is 493 g/mol. The second kappa shape index (κ2) is 8.57. The average molecular weight is 512 g/mol. The number of benzene rings is 2. The third-order valence-corrected chi connectivity index (χ3v) is 6.30. The van der Waals surface area contributed by atoms with E-state index in [0.717, 1.165) is 23.3 Å². The van der Waals surface area contributed by atoms with E-state index in [1.165, 1.54) is 12.1 Å². The minimum absolute atomic E-state index is 0.0579. The number of rotatable bonds is 5. The van der Waals surface area contributed by atoms with Gasteiger partial charge < -0.3 is 30.2 Å². The van der Waals surface area contributed by atoms with Crippen molar-refractivity contribution < 1.29 is 37.0 Å². The highest BCUT2D eigenvalue weighted by Crippen LogP contribution is 2.54. The number of urea groups is 1. The number of nitrogens with zero attached hydrogens (tertiary/aromatic N) is 1. The Morgan fingerprint density at radius 3 is 2.65 bits per heavy atom. The highest BCUT2D eigenvalue weighted by molar-refractivity contribution is 5.93. The summed E-state index contributed by atoms with van der Waals surface area (Å²) in [5, 5.41) is 8.17. The third kappa shape index (κ3) is 4.69. The van der Waals surface area contributed by atoms with Gasteiger partial charge in [0.25, 0.3) is 0 Å². The third-order valence-electron chi connectivity index (χ3n) is 6.30. The van der Waals surface area contributed by atoms with Crippen LogP contribution in [-0.4, -0.2) is 35.4 Å². The number of halogens is 3. The second-order valence-electron chi connectivity index (χ2n) is 8.79. The first-order valence-electron chi connectivity index (χ1n) is 11.4. The van der Waals surface area contributed by atoms with Crippen LogP contribution in [0.15, 0.2) is 54.7 Å². The number of alkyl halides is 3. The molecule has 3 aromatic rings. The van der Waals surface area contributed by atoms with E-state index in [1.54, 1.807) is 18.3 Å². The molecule has 9 nitrogen and oxygen atoms in total. The van der Waals surface area contributed by atoms with Gasteiger partial charge in [-0.25, -0.2) is 9.78 Å². The van der Waals surface area contributed by atoms with Gasteiger partial charge in [0.1, 0.15) is 34.9 Å². The molecule has 1 fully saturated rings. The summed E-state index contributed by atoms with van der Waals surface area (Å²) in [4.78, 5) is 28.3. The lowest BCUT2D eigenvalue weighted by Gasteiger charge is -2.19. The van der Waals surface area contributed by atoms with E-state index in [9.17, 15) is 22.8 Å². The molecule has 3 atom stereocenters. The lowest BCUT2D eigenvalue weighted by Crippen LogP contribution is -2.34. The van der Waals surface area contributed by atoms with Crippen LogP contribution in [0.5, 0.6) is 23.0 Å². The number of pyridine rings is 1. The highest BCUT2D eigenvalue weighted by Gasteiger charge is 2.59. The summed E-state index contributed by atoms with van der Waals surface area (Å²) in [5.74, 6) is 1.89. The first-order chi connectivity index (χ1) is 17.7. The molecule has 3 N–H and O–H groups in total. The fourth-order valence-corrected chi connectivity index (χ4v) is 4.61. The number of carbonyl (C=O) groups excluding carboxylic acids is 2. The van der Waals surface area contributed by atoms with Gasteiger partial charge in [-0.1, -0.05) is 0 Å². The van der Waals surface area contributed by atoms with Crippen LogP contribution in [0.3, 0.4) is 0 Å². The van der Waals surface area contributed by atoms with Crippen molar-refractivity contribution in [3.8, 4) is 23.0 Å². The van der Waals surface area contributed by atoms with Crippen LogP contribution in [0.1, 0.15) is 23.5 Å². The number of hydrogen-bond donors (Lipinski definition) is 3. The monoisotopic (exact) mass is 512 g/mol. The molecule has 1 aromatic heterocycles. The Morgan fingerprint density at radius 2 is 1.86 bits per heavy atom. The maximum absolute atomic E-state index is 12.4. The number of carbonyl (C=O) groups is 2. The van der Waals surface area contributed by atoms with Crippen LogP contribution >= 0.6 is 0 Å². The number of ether oxygens (including phenoxy) is 3. The largest absolute Gasteiger partial charge is 0.573 e. The molecule has 3 heterocycles. The minimum Gasteiger partial charge on any atom is -0.487 e. The Hall–Kier alpha value is -4.48. The predicted octanol–water partition coefficient (Wildman–Crippen LogP) is 4.71. The Morgan fingerprint density at radius 1 is 1.08 bits per heavy atom. The van der Waals surface area contributed by atoms with Crippen LogP contribution < -0.4 is 30.2 Å². The molecule has 3 amide bonds. The van der Waals surface area contributed by atoms with Gasteiger partial charge >= 0.3 is 12.4 Å². The summed E-state index contributed by atoms with van der Waals surface area (Å²) in [5.41, 5.74) is 2.04. The number of hydrogen-bond acceptors (Lipinski definition) is 6. The Kier molecular flexibility index (Phi) is 5.32. The lowest BCUT2D eigenvalue weighted by atomic mass is 10.1. The van der Waals surface area contributed by atoms with Gasteiger partial charge in [0.05, 0.1) is 12.0 Å². The van der Waals surface area contributed by atoms with Crippen molar-refractivity contribution in [2.75, 3.05) is 10.6 Å². The maximum Gasteiger partial charge on any atom is 0.573 e. The minimum atomic E-state index is -4.79. The zero-order valence-electron chi connectivity index (χ0n) is 19.0. The van der Waals surface area contributed by atoms with Crippen molar-refractivity contribution in [2.24, 2.45) is 0 Å². The summed E-state index contributed by atoms with van der Waals surface area (Å²) in [6, 6.07) is 11.3. The fraction of sp³-hybridized carbons (Fsp3) is 0.240. The van der Waals surface area contributed by atoms with Gasteiger partial charge in [0, 0.05) is 29.4 Å². The van der Waals surface area contributed by atoms with Crippen molar-refractivity contribution >= 4 is 23.4 Å². The van der Waals surface area contributed by atoms with Crippen molar-refractivity contribution in [3.63, 3.8) is 0 Å². The van der Waals surface area contributed by atoms with Crippen LogP contribution in [-0.2, 0) is 11.2 Å². The molecular formula is C25H19F3N4O5. The molecule has 2 aliphatic heterocycles. The molecule has 12 heteroatoms. The number of amides is 3. The first kappa shape index (κ1) is 23.0. The molecule has 0 bridgehead atoms. The number of fused-ring (bicyclic) bond motifs is 4. The quantitative estimate of drug-likeness (QED) is 0.457. The maximum atomic E-state index is 12.4. The zero-order valence-corrected chi connectivity index (χ0v) is 19.0. The van der Waals surface area contributed by atoms with E-state index in [-0.39, 0.29) is 29.7 Å². The van der Waals surface area contributed by atoms with Crippen molar-refractivity contribution in [1.29, 1.82) is 0 Å². The Labute approximate surface area is 207 Å². The zero-order chi connectivity index (χ0) is 25.7. The van der Waals surface area contributed by atoms with E-state index >= 15 is 0 Å². The lowest BCUT2D eigenvalue weighted by molar-refractivity contribution is -0.274. The summed E-state index contributed by atoms with van der Waals surface area (Å²) in [6.45, 7) is 0. The van der Waals surface area contributed by atoms with Crippen LogP contribution in [0.4, 0.5) is 29.5 Å². The molecule has 0 radical (unpaired) electrons. The van der Waals surface area contributed by atoms with Gasteiger partial charge in [0.2, 0.25) is 5.91 Å². The molecule has 0 saturated heterocycles. The van der Waals surface area contributed by atoms with Gasteiger partial charge in [-0.3, -0.25) is 4.79 Å². The van der Waals surface area contributed by atoms with Crippen LogP contribution in [0, 0.1) is 0 Å². The van der Waals surface area contributed by atoms with E-state index in [0.29, 0.717) is 41.6 Å². The smallest absolute Gasteiger partial charge is 0.487 e. The Balaban J connectivity index is 1.09. The van der Waals surface area contributed by atoms with Gasteiger partial charge in [-0.05, 0) is 55.0 Å². The summed E-state index contributed by atoms with van der Waals surface area (Å²) in [6.07, 6.45) is -2.54.